The third-order valence-electron chi connectivity index (χ3n) is 4.36. The topological polar surface area (TPSA) is 105 Å². The van der Waals surface area contributed by atoms with Crippen molar-refractivity contribution in [3.63, 3.8) is 0 Å². The SMILES string of the molecule is CCC(Sc1c(=O)o[nH][n+]1C)C(=O)Nc1ccc(-c2nc3ccccc3o2)cc1. The fourth-order valence-corrected chi connectivity index (χ4v) is 3.77. The average Bonchev–Trinajstić information content (AvgIpc) is 3.30. The van der Waals surface area contributed by atoms with Crippen molar-refractivity contribution < 1.29 is 18.4 Å². The van der Waals surface area contributed by atoms with Gasteiger partial charge < -0.3 is 9.73 Å². The highest BCUT2D eigenvalue weighted by Gasteiger charge is 2.27. The minimum atomic E-state index is -0.494. The number of carbonyl (C=O) groups excluding carboxylic acids is 1. The summed E-state index contributed by atoms with van der Waals surface area (Å²) in [5, 5.41) is 5.25. The van der Waals surface area contributed by atoms with E-state index in [4.69, 9.17) is 8.94 Å². The van der Waals surface area contributed by atoms with Gasteiger partial charge in [-0.2, -0.15) is 0 Å². The molecule has 9 heteroatoms. The van der Waals surface area contributed by atoms with E-state index in [-0.39, 0.29) is 5.91 Å². The maximum atomic E-state index is 12.6. The van der Waals surface area contributed by atoms with Gasteiger partial charge in [-0.15, -0.1) is 0 Å². The molecule has 2 heterocycles. The van der Waals surface area contributed by atoms with Crippen LogP contribution in [0.3, 0.4) is 0 Å². The molecule has 2 aromatic heterocycles. The number of H-pyrrole nitrogens is 1. The van der Waals surface area contributed by atoms with Crippen molar-refractivity contribution in [3.8, 4) is 11.5 Å². The summed E-state index contributed by atoms with van der Waals surface area (Å²) in [7, 11) is 1.66. The Labute approximate surface area is 169 Å². The molecule has 1 amide bonds. The Morgan fingerprint density at radius 1 is 1.24 bits per heavy atom. The second-order valence-electron chi connectivity index (χ2n) is 6.41. The number of aromatic nitrogens is 3. The van der Waals surface area contributed by atoms with Crippen LogP contribution in [0.4, 0.5) is 5.69 Å². The predicted octanol–water partition coefficient (Wildman–Crippen LogP) is 3.11. The third-order valence-corrected chi connectivity index (χ3v) is 5.86. The predicted molar refractivity (Wildman–Crippen MR) is 109 cm³/mol. The smallest absolute Gasteiger partial charge is 0.436 e. The summed E-state index contributed by atoms with van der Waals surface area (Å²) in [6.07, 6.45) is 0.558. The fraction of sp³-hybridized carbons (Fsp3) is 0.200. The summed E-state index contributed by atoms with van der Waals surface area (Å²) in [4.78, 5) is 28.8. The summed E-state index contributed by atoms with van der Waals surface area (Å²) in [6, 6.07) is 14.8. The summed E-state index contributed by atoms with van der Waals surface area (Å²) in [5.74, 6) is 0.338. The van der Waals surface area contributed by atoms with Crippen LogP contribution < -0.4 is 15.6 Å². The summed E-state index contributed by atoms with van der Waals surface area (Å²) >= 11 is 1.17. The molecule has 4 rings (SSSR count). The molecule has 0 bridgehead atoms. The number of carbonyl (C=O) groups is 1. The fourth-order valence-electron chi connectivity index (χ4n) is 2.83. The highest BCUT2D eigenvalue weighted by atomic mass is 32.2. The zero-order valence-electron chi connectivity index (χ0n) is 15.8. The Morgan fingerprint density at radius 2 is 2.00 bits per heavy atom. The molecule has 4 aromatic rings. The number of oxazole rings is 1. The summed E-state index contributed by atoms with van der Waals surface area (Å²) in [6.45, 7) is 1.89. The molecule has 0 fully saturated rings. The quantitative estimate of drug-likeness (QED) is 0.373. The van der Waals surface area contributed by atoms with Crippen molar-refractivity contribution in [1.82, 2.24) is 10.3 Å². The lowest BCUT2D eigenvalue weighted by atomic mass is 10.2. The Balaban J connectivity index is 1.47. The molecule has 1 atom stereocenters. The van der Waals surface area contributed by atoms with Gasteiger partial charge in [0.25, 0.3) is 0 Å². The van der Waals surface area contributed by atoms with E-state index in [9.17, 15) is 9.59 Å². The van der Waals surface area contributed by atoms with Gasteiger partial charge in [0, 0.05) is 11.3 Å². The molecule has 2 N–H and O–H groups in total. The number of thioether (sulfide) groups is 1. The zero-order valence-corrected chi connectivity index (χ0v) is 16.7. The van der Waals surface area contributed by atoms with Crippen LogP contribution in [0, 0.1) is 0 Å². The van der Waals surface area contributed by atoms with Gasteiger partial charge in [0.15, 0.2) is 12.6 Å². The number of benzene rings is 2. The van der Waals surface area contributed by atoms with E-state index in [1.807, 2.05) is 43.3 Å². The molecule has 0 aliphatic heterocycles. The molecule has 0 aliphatic rings. The van der Waals surface area contributed by atoms with Gasteiger partial charge in [-0.25, -0.2) is 9.78 Å². The number of anilines is 1. The van der Waals surface area contributed by atoms with Crippen LogP contribution in [-0.2, 0) is 11.8 Å². The number of nitrogens with zero attached hydrogens (tertiary/aromatic N) is 2. The van der Waals surface area contributed by atoms with Crippen molar-refractivity contribution in [2.45, 2.75) is 23.6 Å². The molecular weight excluding hydrogens is 392 g/mol. The van der Waals surface area contributed by atoms with Crippen LogP contribution in [0.2, 0.25) is 0 Å². The van der Waals surface area contributed by atoms with E-state index in [2.05, 4.69) is 15.6 Å². The Hall–Kier alpha value is -3.33. The number of rotatable bonds is 6. The normalized spacial score (nSPS) is 12.2. The van der Waals surface area contributed by atoms with Crippen LogP contribution in [0.15, 0.2) is 67.3 Å². The van der Waals surface area contributed by atoms with Crippen LogP contribution in [0.5, 0.6) is 0 Å². The van der Waals surface area contributed by atoms with E-state index in [1.165, 1.54) is 16.4 Å². The number of amides is 1. The lowest BCUT2D eigenvalue weighted by Gasteiger charge is -2.12. The Kier molecular flexibility index (Phi) is 5.22. The molecule has 0 spiro atoms. The first kappa shape index (κ1) is 19.0. The standard InChI is InChI=1S/C20H18N4O4S/c1-3-16(29-19-20(26)28-23-24(19)2)17(25)21-13-10-8-12(9-11-13)18-22-14-6-4-5-7-15(14)27-18/h4-11,16H,3H2,1-2H3,(H-,21,22,23,25,26)/p+1. The van der Waals surface area contributed by atoms with E-state index >= 15 is 0 Å². The number of aromatic amines is 1. The highest BCUT2D eigenvalue weighted by molar-refractivity contribution is 8.00. The largest absolute Gasteiger partial charge is 0.441 e. The number of hydrogen-bond donors (Lipinski definition) is 2. The van der Waals surface area contributed by atoms with E-state index in [1.54, 1.807) is 19.2 Å². The molecule has 1 unspecified atom stereocenters. The van der Waals surface area contributed by atoms with Crippen LogP contribution in [0.25, 0.3) is 22.6 Å². The maximum Gasteiger partial charge on any atom is 0.441 e. The van der Waals surface area contributed by atoms with Gasteiger partial charge in [-0.3, -0.25) is 9.32 Å². The van der Waals surface area contributed by atoms with Crippen molar-refractivity contribution in [1.29, 1.82) is 0 Å². The maximum absolute atomic E-state index is 12.6. The zero-order chi connectivity index (χ0) is 20.4. The highest BCUT2D eigenvalue weighted by Crippen LogP contribution is 2.26. The second-order valence-corrected chi connectivity index (χ2v) is 7.60. The van der Waals surface area contributed by atoms with Crippen LogP contribution in [-0.4, -0.2) is 21.4 Å². The molecule has 2 aromatic carbocycles. The van der Waals surface area contributed by atoms with E-state index in [0.29, 0.717) is 23.0 Å². The van der Waals surface area contributed by atoms with Crippen LogP contribution >= 0.6 is 11.8 Å². The first-order valence-corrected chi connectivity index (χ1v) is 9.94. The van der Waals surface area contributed by atoms with Crippen molar-refractivity contribution >= 4 is 34.5 Å². The van der Waals surface area contributed by atoms with E-state index in [0.717, 1.165) is 16.7 Å². The molecule has 0 radical (unpaired) electrons. The monoisotopic (exact) mass is 411 g/mol. The first-order valence-electron chi connectivity index (χ1n) is 9.06. The number of para-hydroxylation sites is 2. The van der Waals surface area contributed by atoms with Gasteiger partial charge in [-0.1, -0.05) is 23.7 Å². The molecule has 8 nitrogen and oxygen atoms in total. The molecule has 0 saturated heterocycles. The number of fused-ring (bicyclic) bond motifs is 1. The molecule has 0 aliphatic carbocycles. The number of nitrogens with one attached hydrogen (secondary N) is 2. The summed E-state index contributed by atoms with van der Waals surface area (Å²) in [5.41, 5.74) is 2.50. The lowest BCUT2D eigenvalue weighted by molar-refractivity contribution is -0.772. The molecule has 29 heavy (non-hydrogen) atoms. The molecule has 148 valence electrons. The lowest BCUT2D eigenvalue weighted by Crippen LogP contribution is -2.35. The Bertz CT molecular complexity index is 1180. The van der Waals surface area contributed by atoms with Gasteiger partial charge in [-0.05, 0) is 59.9 Å². The first-order chi connectivity index (χ1) is 14.0. The van der Waals surface area contributed by atoms with E-state index < -0.39 is 10.9 Å². The van der Waals surface area contributed by atoms with Gasteiger partial charge >= 0.3 is 10.7 Å². The van der Waals surface area contributed by atoms with Gasteiger partial charge in [0.2, 0.25) is 11.8 Å². The minimum absolute atomic E-state index is 0.187. The number of hydrogen-bond acceptors (Lipinski definition) is 6. The third kappa shape index (κ3) is 3.95. The van der Waals surface area contributed by atoms with Crippen molar-refractivity contribution in [3.05, 3.63) is 59.0 Å². The summed E-state index contributed by atoms with van der Waals surface area (Å²) < 4.78 is 12.0. The average molecular weight is 411 g/mol. The molecular formula is C20H19N4O4S+. The minimum Gasteiger partial charge on any atom is -0.436 e. The second kappa shape index (κ2) is 7.96. The van der Waals surface area contributed by atoms with Crippen molar-refractivity contribution in [2.75, 3.05) is 5.32 Å². The Morgan fingerprint density at radius 3 is 2.66 bits per heavy atom. The number of aryl methyl sites for hydroxylation is 1. The van der Waals surface area contributed by atoms with Gasteiger partial charge in [0.1, 0.15) is 5.52 Å². The van der Waals surface area contributed by atoms with Crippen molar-refractivity contribution in [2.24, 2.45) is 7.05 Å². The van der Waals surface area contributed by atoms with Crippen LogP contribution in [0.1, 0.15) is 13.3 Å². The van der Waals surface area contributed by atoms with Gasteiger partial charge in [0.05, 0.1) is 5.25 Å². The molecule has 0 saturated carbocycles.